The van der Waals surface area contributed by atoms with Gasteiger partial charge in [0.1, 0.15) is 4.90 Å². The Morgan fingerprint density at radius 1 is 0.947 bits per heavy atom. The average molecular weight is 533 g/mol. The number of piperazine rings is 1. The molecule has 200 valence electrons. The number of hydrogen-bond donors (Lipinski definition) is 2. The molecule has 1 fully saturated rings. The second kappa shape index (κ2) is 11.7. The molecule has 2 N–H and O–H groups in total. The predicted molar refractivity (Wildman–Crippen MR) is 152 cm³/mol. The minimum absolute atomic E-state index is 0.182. The maximum atomic E-state index is 14.0. The van der Waals surface area contributed by atoms with E-state index in [-0.39, 0.29) is 23.3 Å². The molecule has 1 heterocycles. The first kappa shape index (κ1) is 26.4. The summed E-state index contributed by atoms with van der Waals surface area (Å²) >= 11 is 0. The summed E-state index contributed by atoms with van der Waals surface area (Å²) in [4.78, 5) is 17.5. The highest BCUT2D eigenvalue weighted by molar-refractivity contribution is 7.89. The standard InChI is InChI=1S/C30H36N4O3S/c1-2-33-17-19-34(20-18-33)28-16-15-25(31-30(35)21-23-9-4-3-5-10-23)22-29(28)38(36,37)32-27-14-8-12-24-11-6-7-13-26(24)27/h3-7,9-11,13,15-16,22,27,32H,2,8,12,14,17-21H2,1H3,(H,31,35). The molecule has 3 aromatic carbocycles. The molecule has 7 nitrogen and oxygen atoms in total. The van der Waals surface area contributed by atoms with Gasteiger partial charge in [-0.15, -0.1) is 0 Å². The molecule has 0 radical (unpaired) electrons. The van der Waals surface area contributed by atoms with Gasteiger partial charge < -0.3 is 15.1 Å². The van der Waals surface area contributed by atoms with Crippen molar-refractivity contribution in [1.82, 2.24) is 9.62 Å². The number of rotatable bonds is 8. The highest BCUT2D eigenvalue weighted by Crippen LogP contribution is 2.34. The summed E-state index contributed by atoms with van der Waals surface area (Å²) < 4.78 is 30.9. The zero-order valence-corrected chi connectivity index (χ0v) is 22.7. The number of benzene rings is 3. The van der Waals surface area contributed by atoms with Crippen molar-refractivity contribution in [3.05, 3.63) is 89.5 Å². The lowest BCUT2D eigenvalue weighted by molar-refractivity contribution is -0.115. The maximum absolute atomic E-state index is 14.0. The first-order chi connectivity index (χ1) is 18.4. The van der Waals surface area contributed by atoms with Gasteiger partial charge in [0, 0.05) is 37.9 Å². The molecule has 0 aromatic heterocycles. The van der Waals surface area contributed by atoms with Gasteiger partial charge in [0.05, 0.1) is 12.1 Å². The predicted octanol–water partition coefficient (Wildman–Crippen LogP) is 4.37. The lowest BCUT2D eigenvalue weighted by atomic mass is 9.88. The largest absolute Gasteiger partial charge is 0.368 e. The SMILES string of the molecule is CCN1CCN(c2ccc(NC(=O)Cc3ccccc3)cc2S(=O)(=O)NC2CCCc3ccccc32)CC1. The number of likely N-dealkylation sites (N-methyl/N-ethyl adjacent to an activating group) is 1. The fourth-order valence-corrected chi connectivity index (χ4v) is 6.99. The Bertz CT molecular complexity index is 1370. The van der Waals surface area contributed by atoms with Crippen molar-refractivity contribution in [2.24, 2.45) is 0 Å². The van der Waals surface area contributed by atoms with E-state index >= 15 is 0 Å². The van der Waals surface area contributed by atoms with Gasteiger partial charge in [-0.05, 0) is 60.7 Å². The second-order valence-corrected chi connectivity index (χ2v) is 11.8. The van der Waals surface area contributed by atoms with Crippen LogP contribution in [-0.4, -0.2) is 51.9 Å². The minimum atomic E-state index is -3.88. The van der Waals surface area contributed by atoms with Gasteiger partial charge in [0.15, 0.2) is 0 Å². The van der Waals surface area contributed by atoms with Gasteiger partial charge in [-0.2, -0.15) is 0 Å². The number of nitrogens with one attached hydrogen (secondary N) is 2. The van der Waals surface area contributed by atoms with Crippen LogP contribution in [0.2, 0.25) is 0 Å². The molecule has 1 atom stereocenters. The number of aryl methyl sites for hydroxylation is 1. The topological polar surface area (TPSA) is 81.8 Å². The third kappa shape index (κ3) is 6.09. The van der Waals surface area contributed by atoms with Crippen LogP contribution in [0.25, 0.3) is 0 Å². The third-order valence-electron chi connectivity index (χ3n) is 7.57. The summed E-state index contributed by atoms with van der Waals surface area (Å²) in [6.45, 7) is 6.40. The second-order valence-electron chi connectivity index (χ2n) is 10.1. The molecule has 5 rings (SSSR count). The van der Waals surface area contributed by atoms with E-state index in [4.69, 9.17) is 0 Å². The molecule has 0 bridgehead atoms. The fourth-order valence-electron chi connectivity index (χ4n) is 5.49. The van der Waals surface area contributed by atoms with E-state index in [1.807, 2.05) is 54.6 Å². The minimum Gasteiger partial charge on any atom is -0.368 e. The highest BCUT2D eigenvalue weighted by atomic mass is 32.2. The van der Waals surface area contributed by atoms with Gasteiger partial charge in [0.2, 0.25) is 15.9 Å². The molecule has 1 aliphatic carbocycles. The zero-order valence-electron chi connectivity index (χ0n) is 21.9. The maximum Gasteiger partial charge on any atom is 0.243 e. The van der Waals surface area contributed by atoms with Crippen LogP contribution < -0.4 is 14.9 Å². The summed E-state index contributed by atoms with van der Waals surface area (Å²) in [6.07, 6.45) is 2.88. The van der Waals surface area contributed by atoms with E-state index in [0.29, 0.717) is 11.4 Å². The van der Waals surface area contributed by atoms with Crippen LogP contribution in [0, 0.1) is 0 Å². The van der Waals surface area contributed by atoms with Crippen LogP contribution in [0.1, 0.15) is 42.5 Å². The summed E-state index contributed by atoms with van der Waals surface area (Å²) in [6, 6.07) is 22.6. The van der Waals surface area contributed by atoms with E-state index in [0.717, 1.165) is 63.1 Å². The quantitative estimate of drug-likeness (QED) is 0.450. The number of anilines is 2. The van der Waals surface area contributed by atoms with Crippen molar-refractivity contribution in [3.63, 3.8) is 0 Å². The molecule has 1 unspecified atom stereocenters. The summed E-state index contributed by atoms with van der Waals surface area (Å²) in [5, 5.41) is 2.91. The van der Waals surface area contributed by atoms with Crippen molar-refractivity contribution >= 4 is 27.3 Å². The molecule has 0 saturated carbocycles. The normalized spacial score (nSPS) is 18.1. The summed E-state index contributed by atoms with van der Waals surface area (Å²) in [5.74, 6) is -0.182. The smallest absolute Gasteiger partial charge is 0.243 e. The number of hydrogen-bond acceptors (Lipinski definition) is 5. The van der Waals surface area contributed by atoms with E-state index in [1.54, 1.807) is 12.1 Å². The van der Waals surface area contributed by atoms with Crippen LogP contribution in [0.15, 0.2) is 77.7 Å². The molecule has 2 aliphatic rings. The van der Waals surface area contributed by atoms with Crippen LogP contribution >= 0.6 is 0 Å². The third-order valence-corrected chi connectivity index (χ3v) is 9.07. The lowest BCUT2D eigenvalue weighted by Gasteiger charge is -2.36. The number of fused-ring (bicyclic) bond motifs is 1. The van der Waals surface area contributed by atoms with Crippen molar-refractivity contribution in [3.8, 4) is 0 Å². The van der Waals surface area contributed by atoms with Crippen LogP contribution in [-0.2, 0) is 27.7 Å². The number of carbonyl (C=O) groups is 1. The van der Waals surface area contributed by atoms with Crippen LogP contribution in [0.4, 0.5) is 11.4 Å². The Balaban J connectivity index is 1.43. The molecule has 1 aliphatic heterocycles. The molecule has 0 spiro atoms. The first-order valence-corrected chi connectivity index (χ1v) is 15.0. The van der Waals surface area contributed by atoms with Gasteiger partial charge in [-0.3, -0.25) is 4.79 Å². The Morgan fingerprint density at radius 3 is 2.45 bits per heavy atom. The lowest BCUT2D eigenvalue weighted by Crippen LogP contribution is -2.46. The highest BCUT2D eigenvalue weighted by Gasteiger charge is 2.30. The van der Waals surface area contributed by atoms with E-state index in [2.05, 4.69) is 32.8 Å². The van der Waals surface area contributed by atoms with E-state index in [9.17, 15) is 13.2 Å². The Kier molecular flexibility index (Phi) is 8.12. The monoisotopic (exact) mass is 532 g/mol. The van der Waals surface area contributed by atoms with Crippen molar-refractivity contribution in [1.29, 1.82) is 0 Å². The zero-order chi connectivity index (χ0) is 26.5. The molecular formula is C30H36N4O3S. The van der Waals surface area contributed by atoms with Crippen molar-refractivity contribution < 1.29 is 13.2 Å². The fraction of sp³-hybridized carbons (Fsp3) is 0.367. The number of amides is 1. The van der Waals surface area contributed by atoms with Gasteiger partial charge >= 0.3 is 0 Å². The number of sulfonamides is 1. The van der Waals surface area contributed by atoms with Crippen LogP contribution in [0.5, 0.6) is 0 Å². The van der Waals surface area contributed by atoms with E-state index in [1.165, 1.54) is 5.56 Å². The molecule has 1 saturated heterocycles. The Hall–Kier alpha value is -3.20. The van der Waals surface area contributed by atoms with Crippen molar-refractivity contribution in [2.75, 3.05) is 42.9 Å². The Morgan fingerprint density at radius 2 is 1.68 bits per heavy atom. The molecule has 38 heavy (non-hydrogen) atoms. The molecule has 1 amide bonds. The average Bonchev–Trinajstić information content (AvgIpc) is 2.94. The first-order valence-electron chi connectivity index (χ1n) is 13.5. The number of carbonyl (C=O) groups excluding carboxylic acids is 1. The van der Waals surface area contributed by atoms with Crippen LogP contribution in [0.3, 0.4) is 0 Å². The summed E-state index contributed by atoms with van der Waals surface area (Å²) in [7, 11) is -3.88. The van der Waals surface area contributed by atoms with E-state index < -0.39 is 10.0 Å². The molecule has 8 heteroatoms. The van der Waals surface area contributed by atoms with Gasteiger partial charge in [-0.1, -0.05) is 61.5 Å². The van der Waals surface area contributed by atoms with Gasteiger partial charge in [0.25, 0.3) is 0 Å². The Labute approximate surface area is 225 Å². The van der Waals surface area contributed by atoms with Gasteiger partial charge in [-0.25, -0.2) is 13.1 Å². The molecule has 3 aromatic rings. The number of nitrogens with zero attached hydrogens (tertiary/aromatic N) is 2. The van der Waals surface area contributed by atoms with Crippen molar-refractivity contribution in [2.45, 2.75) is 43.5 Å². The molecular weight excluding hydrogens is 496 g/mol. The summed E-state index contributed by atoms with van der Waals surface area (Å²) in [5.41, 5.74) is 4.31.